The number of nitrogens with one attached hydrogen (secondary N) is 3. The van der Waals surface area contributed by atoms with Crippen molar-refractivity contribution in [2.45, 2.75) is 72.3 Å². The SMILES string of the molecule is COC(=O)C(C1=C(c2ccccc2)NC(C(=O)OC)(/C(C)=N/NC(=O)OC(C)(C)C)OC1=O)/C(C)=N/NC(=O)OC(C)(C)C. The van der Waals surface area contributed by atoms with Crippen LogP contribution in [0.25, 0.3) is 5.70 Å². The van der Waals surface area contributed by atoms with Crippen molar-refractivity contribution in [2.24, 2.45) is 16.1 Å². The molecule has 0 aliphatic carbocycles. The number of hydrogen-bond donors (Lipinski definition) is 3. The molecular weight excluding hydrogens is 578 g/mol. The second-order valence-electron chi connectivity index (χ2n) is 11.5. The molecule has 3 N–H and O–H groups in total. The van der Waals surface area contributed by atoms with Crippen LogP contribution < -0.4 is 16.2 Å². The molecule has 15 nitrogen and oxygen atoms in total. The summed E-state index contributed by atoms with van der Waals surface area (Å²) in [5.74, 6) is -4.71. The molecule has 0 aromatic heterocycles. The number of cyclic esters (lactones) is 1. The fraction of sp³-hybridized carbons (Fsp3) is 0.483. The average molecular weight is 618 g/mol. The zero-order chi connectivity index (χ0) is 33.5. The third-order valence-electron chi connectivity index (χ3n) is 5.66. The Hall–Kier alpha value is -4.95. The molecule has 15 heteroatoms. The third-order valence-corrected chi connectivity index (χ3v) is 5.66. The Kier molecular flexibility index (Phi) is 11.2. The van der Waals surface area contributed by atoms with Gasteiger partial charge in [0.1, 0.15) is 22.8 Å². The van der Waals surface area contributed by atoms with E-state index in [0.29, 0.717) is 5.56 Å². The molecule has 1 aromatic carbocycles. The summed E-state index contributed by atoms with van der Waals surface area (Å²) in [6.45, 7) is 12.6. The first-order chi connectivity index (χ1) is 20.3. The Morgan fingerprint density at radius 2 is 1.39 bits per heavy atom. The van der Waals surface area contributed by atoms with Gasteiger partial charge in [-0.1, -0.05) is 30.3 Å². The van der Waals surface area contributed by atoms with Crippen molar-refractivity contribution in [2.75, 3.05) is 14.2 Å². The second-order valence-corrected chi connectivity index (χ2v) is 11.5. The number of carbonyl (C=O) groups excluding carboxylic acids is 5. The van der Waals surface area contributed by atoms with Crippen LogP contribution in [0.2, 0.25) is 0 Å². The summed E-state index contributed by atoms with van der Waals surface area (Å²) >= 11 is 0. The molecule has 44 heavy (non-hydrogen) atoms. The maximum absolute atomic E-state index is 13.9. The molecule has 0 radical (unpaired) electrons. The van der Waals surface area contributed by atoms with Crippen LogP contribution in [0.5, 0.6) is 0 Å². The predicted molar refractivity (Wildman–Crippen MR) is 158 cm³/mol. The minimum absolute atomic E-state index is 0.0405. The molecule has 2 amide bonds. The number of benzene rings is 1. The van der Waals surface area contributed by atoms with Gasteiger partial charge in [-0.15, -0.1) is 0 Å². The van der Waals surface area contributed by atoms with Gasteiger partial charge in [0, 0.05) is 0 Å². The molecule has 1 heterocycles. The number of rotatable bonds is 8. The molecular formula is C29H39N5O10. The number of esters is 3. The van der Waals surface area contributed by atoms with E-state index in [2.05, 4.69) is 26.4 Å². The van der Waals surface area contributed by atoms with E-state index in [1.54, 1.807) is 71.9 Å². The lowest BCUT2D eigenvalue weighted by atomic mass is 9.88. The molecule has 1 aliphatic heterocycles. The lowest BCUT2D eigenvalue weighted by molar-refractivity contribution is -0.174. The van der Waals surface area contributed by atoms with Crippen LogP contribution in [-0.4, -0.2) is 72.7 Å². The van der Waals surface area contributed by atoms with Crippen molar-refractivity contribution in [1.82, 2.24) is 16.2 Å². The van der Waals surface area contributed by atoms with Gasteiger partial charge in [-0.05, 0) is 61.0 Å². The van der Waals surface area contributed by atoms with E-state index < -0.39 is 52.9 Å². The van der Waals surface area contributed by atoms with Crippen molar-refractivity contribution in [3.63, 3.8) is 0 Å². The Balaban J connectivity index is 2.74. The minimum Gasteiger partial charge on any atom is -0.468 e. The maximum Gasteiger partial charge on any atom is 0.428 e. The quantitative estimate of drug-likeness (QED) is 0.168. The largest absolute Gasteiger partial charge is 0.468 e. The molecule has 240 valence electrons. The molecule has 2 unspecified atom stereocenters. The van der Waals surface area contributed by atoms with Crippen LogP contribution >= 0.6 is 0 Å². The zero-order valence-corrected chi connectivity index (χ0v) is 26.4. The first kappa shape index (κ1) is 35.2. The molecule has 0 bridgehead atoms. The highest BCUT2D eigenvalue weighted by Crippen LogP contribution is 2.34. The highest BCUT2D eigenvalue weighted by Gasteiger charge is 2.54. The number of hydrogen-bond acceptors (Lipinski definition) is 13. The van der Waals surface area contributed by atoms with E-state index in [4.69, 9.17) is 23.7 Å². The Labute approximate surface area is 255 Å². The fourth-order valence-corrected chi connectivity index (χ4v) is 3.83. The summed E-state index contributed by atoms with van der Waals surface area (Å²) in [5, 5.41) is 10.7. The van der Waals surface area contributed by atoms with Gasteiger partial charge in [0.05, 0.1) is 31.2 Å². The normalized spacial score (nSPS) is 18.3. The van der Waals surface area contributed by atoms with Crippen LogP contribution in [0.3, 0.4) is 0 Å². The van der Waals surface area contributed by atoms with E-state index in [9.17, 15) is 24.0 Å². The number of ether oxygens (including phenoxy) is 5. The Morgan fingerprint density at radius 1 is 0.864 bits per heavy atom. The van der Waals surface area contributed by atoms with Gasteiger partial charge in [-0.2, -0.15) is 10.2 Å². The topological polar surface area (TPSA) is 192 Å². The van der Waals surface area contributed by atoms with E-state index in [1.807, 2.05) is 0 Å². The molecule has 0 saturated heterocycles. The lowest BCUT2D eigenvalue weighted by Crippen LogP contribution is -2.63. The summed E-state index contributed by atoms with van der Waals surface area (Å²) in [6, 6.07) is 8.24. The molecule has 2 atom stereocenters. The van der Waals surface area contributed by atoms with Crippen molar-refractivity contribution in [1.29, 1.82) is 0 Å². The molecule has 2 rings (SSSR count). The Morgan fingerprint density at radius 3 is 1.86 bits per heavy atom. The zero-order valence-electron chi connectivity index (χ0n) is 26.4. The van der Waals surface area contributed by atoms with Crippen LogP contribution in [0.15, 0.2) is 46.1 Å². The number of hydrazone groups is 2. The van der Waals surface area contributed by atoms with E-state index >= 15 is 0 Å². The summed E-state index contributed by atoms with van der Waals surface area (Å²) in [6.07, 6.45) is -1.84. The second kappa shape index (κ2) is 14.0. The highest BCUT2D eigenvalue weighted by molar-refractivity contribution is 6.19. The molecule has 1 aliphatic rings. The van der Waals surface area contributed by atoms with Gasteiger partial charge in [-0.25, -0.2) is 30.0 Å². The van der Waals surface area contributed by atoms with E-state index in [-0.39, 0.29) is 22.7 Å². The van der Waals surface area contributed by atoms with Crippen molar-refractivity contribution >= 4 is 47.2 Å². The minimum atomic E-state index is -2.39. The Bertz CT molecular complexity index is 1370. The number of methoxy groups -OCH3 is 2. The molecule has 1 aromatic rings. The predicted octanol–water partition coefficient (Wildman–Crippen LogP) is 3.00. The van der Waals surface area contributed by atoms with Crippen LogP contribution in [0.4, 0.5) is 9.59 Å². The number of carbonyl (C=O) groups is 5. The summed E-state index contributed by atoms with van der Waals surface area (Å²) in [5.41, 5.74) is -0.0361. The summed E-state index contributed by atoms with van der Waals surface area (Å²) in [4.78, 5) is 64.7. The van der Waals surface area contributed by atoms with Crippen LogP contribution in [0.1, 0.15) is 61.0 Å². The van der Waals surface area contributed by atoms with Gasteiger partial charge < -0.3 is 29.0 Å². The standard InChI is InChI=1S/C29H39N5O10/c1-16(31-33-25(38)43-27(3,4)5)19(22(35)40-9)20-21(18-14-12-11-13-15-18)30-29(24(37)41-10,42-23(20)36)17(2)32-34-26(39)44-28(6,7)8/h11-15,19,30H,1-10H3,(H,33,38)(H,34,39)/b31-16+,32-17+. The molecule has 0 saturated carbocycles. The average Bonchev–Trinajstić information content (AvgIpc) is 2.93. The van der Waals surface area contributed by atoms with Gasteiger partial charge in [0.2, 0.25) is 0 Å². The van der Waals surface area contributed by atoms with Crippen molar-refractivity contribution < 1.29 is 47.7 Å². The molecule has 0 fully saturated rings. The van der Waals surface area contributed by atoms with E-state index in [1.165, 1.54) is 13.8 Å². The van der Waals surface area contributed by atoms with Gasteiger partial charge in [0.25, 0.3) is 0 Å². The third kappa shape index (κ3) is 9.02. The first-order valence-corrected chi connectivity index (χ1v) is 13.4. The summed E-state index contributed by atoms with van der Waals surface area (Å²) in [7, 11) is 2.16. The van der Waals surface area contributed by atoms with Gasteiger partial charge in [0.15, 0.2) is 0 Å². The maximum atomic E-state index is 13.9. The van der Waals surface area contributed by atoms with Gasteiger partial charge >= 0.3 is 35.8 Å². The number of nitrogens with zero attached hydrogens (tertiary/aromatic N) is 2. The van der Waals surface area contributed by atoms with Crippen molar-refractivity contribution in [3.8, 4) is 0 Å². The van der Waals surface area contributed by atoms with Crippen molar-refractivity contribution in [3.05, 3.63) is 41.5 Å². The van der Waals surface area contributed by atoms with Crippen LogP contribution in [-0.2, 0) is 38.1 Å². The number of amides is 2. The monoisotopic (exact) mass is 617 g/mol. The van der Waals surface area contributed by atoms with Crippen LogP contribution in [0, 0.1) is 5.92 Å². The first-order valence-electron chi connectivity index (χ1n) is 13.4. The summed E-state index contributed by atoms with van der Waals surface area (Å²) < 4.78 is 25.9. The fourth-order valence-electron chi connectivity index (χ4n) is 3.83. The molecule has 0 spiro atoms. The highest BCUT2D eigenvalue weighted by atomic mass is 16.6. The smallest absolute Gasteiger partial charge is 0.428 e. The van der Waals surface area contributed by atoms with Gasteiger partial charge in [-0.3, -0.25) is 4.79 Å². The van der Waals surface area contributed by atoms with E-state index in [0.717, 1.165) is 14.2 Å². The lowest BCUT2D eigenvalue weighted by Gasteiger charge is -2.38.